The van der Waals surface area contributed by atoms with Crippen molar-refractivity contribution in [3.05, 3.63) is 12.7 Å². The zero-order chi connectivity index (χ0) is 6.69. The molecule has 1 fully saturated rings. The largest absolute Gasteiger partial charge is 0.346 e. The average molecular weight is 128 g/mol. The van der Waals surface area contributed by atoms with Gasteiger partial charge in [-0.25, -0.2) is 0 Å². The molecule has 9 heavy (non-hydrogen) atoms. The van der Waals surface area contributed by atoms with E-state index in [2.05, 4.69) is 13.5 Å². The molecule has 0 bridgehead atoms. The quantitative estimate of drug-likeness (QED) is 0.420. The van der Waals surface area contributed by atoms with Gasteiger partial charge in [0, 0.05) is 0 Å². The van der Waals surface area contributed by atoms with Crippen molar-refractivity contribution in [1.82, 2.24) is 0 Å². The maximum absolute atomic E-state index is 5.17. The van der Waals surface area contributed by atoms with E-state index in [1.807, 2.05) is 0 Å². The zero-order valence-corrected chi connectivity index (χ0v) is 5.67. The molecule has 2 unspecified atom stereocenters. The summed E-state index contributed by atoms with van der Waals surface area (Å²) in [5.74, 6) is 0. The van der Waals surface area contributed by atoms with Crippen LogP contribution in [0.15, 0.2) is 12.7 Å². The molecule has 2 heteroatoms. The summed E-state index contributed by atoms with van der Waals surface area (Å²) in [7, 11) is 0. The fourth-order valence-electron chi connectivity index (χ4n) is 0.725. The van der Waals surface area contributed by atoms with Crippen LogP contribution < -0.4 is 0 Å². The number of hydrogen-bond acceptors (Lipinski definition) is 2. The van der Waals surface area contributed by atoms with E-state index in [1.165, 1.54) is 0 Å². The minimum absolute atomic E-state index is 0.0630. The Labute approximate surface area is 55.5 Å². The van der Waals surface area contributed by atoms with Crippen LogP contribution >= 0.6 is 0 Å². The second-order valence-electron chi connectivity index (χ2n) is 2.07. The van der Waals surface area contributed by atoms with Crippen molar-refractivity contribution in [3.8, 4) is 0 Å². The minimum atomic E-state index is 0.0630. The van der Waals surface area contributed by atoms with Gasteiger partial charge < -0.3 is 9.47 Å². The molecular weight excluding hydrogens is 116 g/mol. The molecular formula is C7H12O2. The molecule has 0 aromatic heterocycles. The van der Waals surface area contributed by atoms with Crippen LogP contribution in [-0.2, 0) is 9.47 Å². The van der Waals surface area contributed by atoms with Crippen LogP contribution in [0.2, 0.25) is 0 Å². The molecule has 1 aliphatic heterocycles. The summed E-state index contributed by atoms with van der Waals surface area (Å²) in [5.41, 5.74) is 0. The molecule has 0 amide bonds. The Morgan fingerprint density at radius 2 is 2.56 bits per heavy atom. The summed E-state index contributed by atoms with van der Waals surface area (Å²) in [4.78, 5) is 0. The predicted molar refractivity (Wildman–Crippen MR) is 35.1 cm³/mol. The lowest BCUT2D eigenvalue weighted by atomic mass is 10.4. The summed E-state index contributed by atoms with van der Waals surface area (Å²) < 4.78 is 10.3. The minimum Gasteiger partial charge on any atom is -0.346 e. The molecule has 0 saturated carbocycles. The van der Waals surface area contributed by atoms with Gasteiger partial charge in [0.1, 0.15) is 6.10 Å². The Kier molecular flexibility index (Phi) is 2.25. The van der Waals surface area contributed by atoms with Crippen LogP contribution in [0.1, 0.15) is 13.3 Å². The third kappa shape index (κ3) is 1.80. The van der Waals surface area contributed by atoms with Gasteiger partial charge in [-0.2, -0.15) is 0 Å². The molecule has 2 nitrogen and oxygen atoms in total. The molecule has 0 aromatic carbocycles. The Morgan fingerprint density at radius 1 is 1.78 bits per heavy atom. The first kappa shape index (κ1) is 6.78. The second kappa shape index (κ2) is 2.99. The first-order chi connectivity index (χ1) is 4.38. The standard InChI is InChI=1S/C7H12O2/c1-3-5-8-7-6(4-2)9-7/h3,6-7H,1,4-5H2,2H3. The fraction of sp³-hybridized carbons (Fsp3) is 0.714. The lowest BCUT2D eigenvalue weighted by Crippen LogP contribution is -1.98. The molecule has 1 rings (SSSR count). The highest BCUT2D eigenvalue weighted by Crippen LogP contribution is 2.25. The van der Waals surface area contributed by atoms with Gasteiger partial charge in [0.2, 0.25) is 0 Å². The molecule has 0 aliphatic carbocycles. The van der Waals surface area contributed by atoms with Crippen molar-refractivity contribution >= 4 is 0 Å². The van der Waals surface area contributed by atoms with Gasteiger partial charge in [-0.1, -0.05) is 13.0 Å². The van der Waals surface area contributed by atoms with Crippen molar-refractivity contribution < 1.29 is 9.47 Å². The van der Waals surface area contributed by atoms with Crippen LogP contribution in [0.3, 0.4) is 0 Å². The van der Waals surface area contributed by atoms with Gasteiger partial charge in [0.25, 0.3) is 0 Å². The molecule has 0 N–H and O–H groups in total. The third-order valence-electron chi connectivity index (χ3n) is 1.32. The molecule has 1 heterocycles. The smallest absolute Gasteiger partial charge is 0.184 e. The third-order valence-corrected chi connectivity index (χ3v) is 1.32. The van der Waals surface area contributed by atoms with Crippen LogP contribution in [0, 0.1) is 0 Å². The van der Waals surface area contributed by atoms with Gasteiger partial charge in [0.15, 0.2) is 6.29 Å². The number of epoxide rings is 1. The molecule has 1 saturated heterocycles. The first-order valence-electron chi connectivity index (χ1n) is 3.26. The average Bonchev–Trinajstić information content (AvgIpc) is 2.62. The highest BCUT2D eigenvalue weighted by Gasteiger charge is 2.37. The van der Waals surface area contributed by atoms with Gasteiger partial charge in [-0.05, 0) is 6.42 Å². The van der Waals surface area contributed by atoms with Crippen LogP contribution in [0.4, 0.5) is 0 Å². The fourth-order valence-corrected chi connectivity index (χ4v) is 0.725. The highest BCUT2D eigenvalue weighted by atomic mass is 16.8. The van der Waals surface area contributed by atoms with Crippen LogP contribution in [-0.4, -0.2) is 19.0 Å². The van der Waals surface area contributed by atoms with Crippen molar-refractivity contribution in [2.75, 3.05) is 6.61 Å². The van der Waals surface area contributed by atoms with Crippen molar-refractivity contribution in [3.63, 3.8) is 0 Å². The zero-order valence-electron chi connectivity index (χ0n) is 5.67. The topological polar surface area (TPSA) is 21.8 Å². The lowest BCUT2D eigenvalue weighted by Gasteiger charge is -1.90. The summed E-state index contributed by atoms with van der Waals surface area (Å²) >= 11 is 0. The van der Waals surface area contributed by atoms with Gasteiger partial charge in [0.05, 0.1) is 6.61 Å². The monoisotopic (exact) mass is 128 g/mol. The van der Waals surface area contributed by atoms with Crippen molar-refractivity contribution in [2.24, 2.45) is 0 Å². The van der Waals surface area contributed by atoms with E-state index in [0.717, 1.165) is 6.42 Å². The van der Waals surface area contributed by atoms with Gasteiger partial charge in [-0.3, -0.25) is 0 Å². The lowest BCUT2D eigenvalue weighted by molar-refractivity contribution is 0.0697. The number of rotatable bonds is 4. The van der Waals surface area contributed by atoms with Crippen molar-refractivity contribution in [1.29, 1.82) is 0 Å². The van der Waals surface area contributed by atoms with E-state index in [-0.39, 0.29) is 6.29 Å². The van der Waals surface area contributed by atoms with E-state index in [9.17, 15) is 0 Å². The van der Waals surface area contributed by atoms with Crippen LogP contribution in [0.5, 0.6) is 0 Å². The van der Waals surface area contributed by atoms with Crippen LogP contribution in [0.25, 0.3) is 0 Å². The Bertz CT molecular complexity index is 101. The molecule has 0 radical (unpaired) electrons. The van der Waals surface area contributed by atoms with E-state index >= 15 is 0 Å². The maximum atomic E-state index is 5.17. The Morgan fingerprint density at radius 3 is 3.00 bits per heavy atom. The highest BCUT2D eigenvalue weighted by molar-refractivity contribution is 4.76. The normalized spacial score (nSPS) is 32.1. The Balaban J connectivity index is 1.98. The van der Waals surface area contributed by atoms with E-state index < -0.39 is 0 Å². The molecule has 1 aliphatic rings. The number of ether oxygens (including phenoxy) is 2. The first-order valence-corrected chi connectivity index (χ1v) is 3.26. The molecule has 0 spiro atoms. The van der Waals surface area contributed by atoms with E-state index in [0.29, 0.717) is 12.7 Å². The maximum Gasteiger partial charge on any atom is 0.184 e. The summed E-state index contributed by atoms with van der Waals surface area (Å²) in [6.45, 7) is 6.21. The second-order valence-corrected chi connectivity index (χ2v) is 2.07. The Hall–Kier alpha value is -0.340. The van der Waals surface area contributed by atoms with Gasteiger partial charge >= 0.3 is 0 Å². The van der Waals surface area contributed by atoms with Crippen molar-refractivity contribution in [2.45, 2.75) is 25.7 Å². The van der Waals surface area contributed by atoms with E-state index in [4.69, 9.17) is 9.47 Å². The summed E-state index contributed by atoms with van der Waals surface area (Å²) in [6.07, 6.45) is 3.19. The molecule has 52 valence electrons. The SMILES string of the molecule is C=CCOC1OC1CC. The summed E-state index contributed by atoms with van der Waals surface area (Å²) in [5, 5.41) is 0. The summed E-state index contributed by atoms with van der Waals surface area (Å²) in [6, 6.07) is 0. The molecule has 0 aromatic rings. The van der Waals surface area contributed by atoms with E-state index in [1.54, 1.807) is 6.08 Å². The van der Waals surface area contributed by atoms with Gasteiger partial charge in [-0.15, -0.1) is 6.58 Å². The predicted octanol–water partition coefficient (Wildman–Crippen LogP) is 1.32. The molecule has 2 atom stereocenters. The number of hydrogen-bond donors (Lipinski definition) is 0.